The van der Waals surface area contributed by atoms with Gasteiger partial charge in [0.25, 0.3) is 5.91 Å². The molecule has 0 saturated heterocycles. The van der Waals surface area contributed by atoms with Gasteiger partial charge in [0.05, 0.1) is 4.47 Å². The fourth-order valence-corrected chi connectivity index (χ4v) is 2.09. The molecule has 0 spiro atoms. The highest BCUT2D eigenvalue weighted by molar-refractivity contribution is 9.10. The second-order valence-corrected chi connectivity index (χ2v) is 5.68. The molecule has 1 aromatic carbocycles. The maximum atomic E-state index is 12.0. The molecule has 0 aliphatic rings. The summed E-state index contributed by atoms with van der Waals surface area (Å²) in [6.07, 6.45) is 2.23. The lowest BCUT2D eigenvalue weighted by Crippen LogP contribution is -2.32. The first kappa shape index (κ1) is 18.7. The minimum atomic E-state index is -1.07. The molecule has 0 aliphatic heterocycles. The number of hydrogen-bond acceptors (Lipinski definition) is 4. The molecule has 1 aromatic rings. The van der Waals surface area contributed by atoms with Crippen LogP contribution in [0.2, 0.25) is 0 Å². The maximum Gasteiger partial charge on any atom is 0.341 e. The highest BCUT2D eigenvalue weighted by Gasteiger charge is 2.12. The number of aliphatic carboxylic acids is 1. The van der Waals surface area contributed by atoms with E-state index in [2.05, 4.69) is 21.2 Å². The van der Waals surface area contributed by atoms with Crippen molar-refractivity contribution in [1.82, 2.24) is 5.32 Å². The van der Waals surface area contributed by atoms with Crippen molar-refractivity contribution in [2.45, 2.75) is 26.3 Å². The summed E-state index contributed by atoms with van der Waals surface area (Å²) in [7, 11) is 0. The maximum absolute atomic E-state index is 12.0. The van der Waals surface area contributed by atoms with Crippen molar-refractivity contribution in [3.63, 3.8) is 0 Å². The Hall–Kier alpha value is -2.33. The van der Waals surface area contributed by atoms with E-state index in [0.29, 0.717) is 15.8 Å². The molecule has 0 saturated carbocycles. The number of carbonyl (C=O) groups excluding carboxylic acids is 1. The van der Waals surface area contributed by atoms with Crippen LogP contribution in [0.5, 0.6) is 5.75 Å². The molecule has 2 N–H and O–H groups in total. The summed E-state index contributed by atoms with van der Waals surface area (Å²) in [5, 5.41) is 20.5. The average molecular weight is 381 g/mol. The number of nitrogens with one attached hydrogen (secondary N) is 1. The Bertz CT molecular complexity index is 665. The Morgan fingerprint density at radius 2 is 2.22 bits per heavy atom. The molecule has 0 aliphatic carbocycles. The van der Waals surface area contributed by atoms with Crippen LogP contribution in [-0.4, -0.2) is 29.6 Å². The molecule has 122 valence electrons. The van der Waals surface area contributed by atoms with Crippen molar-refractivity contribution in [3.05, 3.63) is 33.8 Å². The zero-order chi connectivity index (χ0) is 17.4. The SMILES string of the molecule is CC[C@H](C)NC(=O)/C(C#N)=C/c1ccc(OCC(=O)O)c(Br)c1. The number of carboxylic acid groups (broad SMARTS) is 1. The molecule has 0 unspecified atom stereocenters. The van der Waals surface area contributed by atoms with Crippen LogP contribution in [0.4, 0.5) is 0 Å². The number of benzene rings is 1. The molecular formula is C16H17BrN2O4. The Morgan fingerprint density at radius 1 is 1.52 bits per heavy atom. The molecule has 6 nitrogen and oxygen atoms in total. The van der Waals surface area contributed by atoms with Crippen LogP contribution in [-0.2, 0) is 9.59 Å². The zero-order valence-electron chi connectivity index (χ0n) is 12.8. The quantitative estimate of drug-likeness (QED) is 0.559. The standard InChI is InChI=1S/C16H17BrN2O4/c1-3-10(2)19-16(22)12(8-18)6-11-4-5-14(13(17)7-11)23-9-15(20)21/h4-7,10H,3,9H2,1-2H3,(H,19,22)(H,20,21)/b12-6+/t10-/m0/s1. The summed E-state index contributed by atoms with van der Waals surface area (Å²) >= 11 is 3.27. The van der Waals surface area contributed by atoms with E-state index in [-0.39, 0.29) is 11.6 Å². The number of carbonyl (C=O) groups is 2. The zero-order valence-corrected chi connectivity index (χ0v) is 14.4. The van der Waals surface area contributed by atoms with Gasteiger partial charge < -0.3 is 15.2 Å². The van der Waals surface area contributed by atoms with E-state index in [9.17, 15) is 9.59 Å². The van der Waals surface area contributed by atoms with Crippen molar-refractivity contribution < 1.29 is 19.4 Å². The van der Waals surface area contributed by atoms with Crippen LogP contribution >= 0.6 is 15.9 Å². The van der Waals surface area contributed by atoms with Gasteiger partial charge in [-0.1, -0.05) is 13.0 Å². The summed E-state index contributed by atoms with van der Waals surface area (Å²) in [5.74, 6) is -1.13. The summed E-state index contributed by atoms with van der Waals surface area (Å²) < 4.78 is 5.62. The number of hydrogen-bond donors (Lipinski definition) is 2. The molecule has 0 heterocycles. The van der Waals surface area contributed by atoms with Gasteiger partial charge in [0.15, 0.2) is 6.61 Å². The van der Waals surface area contributed by atoms with E-state index in [1.807, 2.05) is 19.9 Å². The van der Waals surface area contributed by atoms with Crippen molar-refractivity contribution in [2.24, 2.45) is 0 Å². The van der Waals surface area contributed by atoms with Crippen molar-refractivity contribution in [3.8, 4) is 11.8 Å². The fraction of sp³-hybridized carbons (Fsp3) is 0.312. The molecule has 0 radical (unpaired) electrons. The van der Waals surface area contributed by atoms with Crippen molar-refractivity contribution in [2.75, 3.05) is 6.61 Å². The Morgan fingerprint density at radius 3 is 2.74 bits per heavy atom. The third-order valence-electron chi connectivity index (χ3n) is 2.97. The number of rotatable bonds is 7. The van der Waals surface area contributed by atoms with E-state index in [4.69, 9.17) is 15.1 Å². The monoisotopic (exact) mass is 380 g/mol. The van der Waals surface area contributed by atoms with Crippen LogP contribution in [0, 0.1) is 11.3 Å². The smallest absolute Gasteiger partial charge is 0.341 e. The number of nitriles is 1. The summed E-state index contributed by atoms with van der Waals surface area (Å²) in [5.41, 5.74) is 0.617. The number of ether oxygens (including phenoxy) is 1. The largest absolute Gasteiger partial charge is 0.481 e. The average Bonchev–Trinajstić information content (AvgIpc) is 2.51. The lowest BCUT2D eigenvalue weighted by molar-refractivity contribution is -0.139. The van der Waals surface area contributed by atoms with Crippen LogP contribution < -0.4 is 10.1 Å². The van der Waals surface area contributed by atoms with E-state index in [0.717, 1.165) is 6.42 Å². The van der Waals surface area contributed by atoms with Crippen molar-refractivity contribution in [1.29, 1.82) is 5.26 Å². The second-order valence-electron chi connectivity index (χ2n) is 4.82. The summed E-state index contributed by atoms with van der Waals surface area (Å²) in [4.78, 5) is 22.5. The van der Waals surface area contributed by atoms with Gasteiger partial charge >= 0.3 is 5.97 Å². The summed E-state index contributed by atoms with van der Waals surface area (Å²) in [6.45, 7) is 3.35. The van der Waals surface area contributed by atoms with E-state index in [1.54, 1.807) is 18.2 Å². The molecular weight excluding hydrogens is 364 g/mol. The van der Waals surface area contributed by atoms with Gasteiger partial charge in [-0.15, -0.1) is 0 Å². The molecule has 0 fully saturated rings. The van der Waals surface area contributed by atoms with Gasteiger partial charge in [0, 0.05) is 6.04 Å². The number of nitrogens with zero attached hydrogens (tertiary/aromatic N) is 1. The van der Waals surface area contributed by atoms with Crippen LogP contribution in [0.1, 0.15) is 25.8 Å². The van der Waals surface area contributed by atoms with Crippen LogP contribution in [0.25, 0.3) is 6.08 Å². The third kappa shape index (κ3) is 6.12. The highest BCUT2D eigenvalue weighted by atomic mass is 79.9. The first-order valence-electron chi connectivity index (χ1n) is 6.94. The Kier molecular flexibility index (Phi) is 7.29. The van der Waals surface area contributed by atoms with Gasteiger partial charge in [-0.3, -0.25) is 4.79 Å². The third-order valence-corrected chi connectivity index (χ3v) is 3.59. The normalized spacial score (nSPS) is 12.2. The topological polar surface area (TPSA) is 99.4 Å². The van der Waals surface area contributed by atoms with Gasteiger partial charge in [-0.2, -0.15) is 5.26 Å². The number of amides is 1. The summed E-state index contributed by atoms with van der Waals surface area (Å²) in [6, 6.07) is 6.71. The fourth-order valence-electron chi connectivity index (χ4n) is 1.58. The predicted octanol–water partition coefficient (Wildman–Crippen LogP) is 2.73. The van der Waals surface area contributed by atoms with Crippen molar-refractivity contribution >= 4 is 33.9 Å². The van der Waals surface area contributed by atoms with Gasteiger partial charge in [0.2, 0.25) is 0 Å². The lowest BCUT2D eigenvalue weighted by atomic mass is 10.1. The van der Waals surface area contributed by atoms with Gasteiger partial charge in [-0.05, 0) is 53.0 Å². The Balaban J connectivity index is 2.93. The van der Waals surface area contributed by atoms with Crippen LogP contribution in [0.15, 0.2) is 28.2 Å². The number of halogens is 1. The molecule has 0 aromatic heterocycles. The molecule has 7 heteroatoms. The van der Waals surface area contributed by atoms with E-state index >= 15 is 0 Å². The van der Waals surface area contributed by atoms with Gasteiger partial charge in [-0.25, -0.2) is 4.79 Å². The predicted molar refractivity (Wildman–Crippen MR) is 88.8 cm³/mol. The first-order valence-corrected chi connectivity index (χ1v) is 7.73. The van der Waals surface area contributed by atoms with E-state index < -0.39 is 18.5 Å². The minimum absolute atomic E-state index is 0.00333. The first-order chi connectivity index (χ1) is 10.9. The molecule has 1 atom stereocenters. The second kappa shape index (κ2) is 8.96. The Labute approximate surface area is 142 Å². The minimum Gasteiger partial charge on any atom is -0.481 e. The number of carboxylic acids is 1. The molecule has 23 heavy (non-hydrogen) atoms. The lowest BCUT2D eigenvalue weighted by Gasteiger charge is -2.10. The van der Waals surface area contributed by atoms with Gasteiger partial charge in [0.1, 0.15) is 17.4 Å². The molecule has 0 bridgehead atoms. The highest BCUT2D eigenvalue weighted by Crippen LogP contribution is 2.27. The molecule has 1 rings (SSSR count). The molecule has 1 amide bonds. The van der Waals surface area contributed by atoms with Crippen LogP contribution in [0.3, 0.4) is 0 Å². The van der Waals surface area contributed by atoms with E-state index in [1.165, 1.54) is 6.08 Å².